The van der Waals surface area contributed by atoms with Crippen LogP contribution in [-0.4, -0.2) is 47.2 Å². The molecular weight excluding hydrogens is 530 g/mol. The second-order valence-electron chi connectivity index (χ2n) is 11.2. The molecule has 0 radical (unpaired) electrons. The number of nitrogens with zero attached hydrogens (tertiary/aromatic N) is 5. The van der Waals surface area contributed by atoms with Crippen LogP contribution in [0.15, 0.2) is 67.0 Å². The minimum atomic E-state index is -0.342. The second-order valence-corrected chi connectivity index (χ2v) is 11.2. The Morgan fingerprint density at radius 1 is 1.00 bits per heavy atom. The molecule has 10 nitrogen and oxygen atoms in total. The number of imidazole rings is 1. The first kappa shape index (κ1) is 28.8. The normalized spacial score (nSPS) is 11.6. The molecule has 0 aliphatic carbocycles. The second kappa shape index (κ2) is 12.1. The number of aliphatic hydroxyl groups is 2. The van der Waals surface area contributed by atoms with Gasteiger partial charge in [-0.25, -0.2) is 9.97 Å². The highest BCUT2D eigenvalue weighted by molar-refractivity contribution is 6.05. The third kappa shape index (κ3) is 6.29. The number of hydrogen-bond acceptors (Lipinski definition) is 8. The molecule has 0 aliphatic rings. The number of nitrogen functional groups attached to an aromatic ring is 1. The van der Waals surface area contributed by atoms with Gasteiger partial charge in [0.15, 0.2) is 5.82 Å². The lowest BCUT2D eigenvalue weighted by Gasteiger charge is -2.19. The summed E-state index contributed by atoms with van der Waals surface area (Å²) >= 11 is 0. The van der Waals surface area contributed by atoms with Crippen molar-refractivity contribution in [3.63, 3.8) is 0 Å². The largest absolute Gasteiger partial charge is 0.396 e. The Kier molecular flexibility index (Phi) is 8.28. The molecule has 0 saturated heterocycles. The van der Waals surface area contributed by atoms with E-state index >= 15 is 0 Å². The minimum Gasteiger partial charge on any atom is -0.396 e. The summed E-state index contributed by atoms with van der Waals surface area (Å²) < 4.78 is 2.01. The number of carbonyl (C=O) groups is 1. The van der Waals surface area contributed by atoms with Gasteiger partial charge in [0, 0.05) is 42.0 Å². The van der Waals surface area contributed by atoms with Crippen molar-refractivity contribution in [1.29, 1.82) is 0 Å². The van der Waals surface area contributed by atoms with E-state index in [4.69, 9.17) is 10.8 Å². The van der Waals surface area contributed by atoms with E-state index in [1.54, 1.807) is 36.7 Å². The fourth-order valence-electron chi connectivity index (χ4n) is 4.86. The van der Waals surface area contributed by atoms with E-state index in [9.17, 15) is 9.90 Å². The summed E-state index contributed by atoms with van der Waals surface area (Å²) in [4.78, 5) is 30.9. The molecule has 0 bridgehead atoms. The Balaban J connectivity index is 1.40. The predicted octanol–water partition coefficient (Wildman–Crippen LogP) is 4.49. The Bertz CT molecular complexity index is 1720. The SMILES string of the molecule is CC(C)(C)c1ccc(C(=O)Nc2cccc(-c3nc(N)nc(Cc4ccc5c(c4)ncn5CCCO)n3)c2CO)cc1. The molecule has 0 unspecified atom stereocenters. The van der Waals surface area contributed by atoms with Crippen LogP contribution in [0.3, 0.4) is 0 Å². The van der Waals surface area contributed by atoms with Gasteiger partial charge in [0.25, 0.3) is 5.91 Å². The van der Waals surface area contributed by atoms with Crippen molar-refractivity contribution in [1.82, 2.24) is 24.5 Å². The Labute approximate surface area is 244 Å². The van der Waals surface area contributed by atoms with Gasteiger partial charge in [0.1, 0.15) is 5.82 Å². The van der Waals surface area contributed by atoms with E-state index in [1.165, 1.54) is 0 Å². The highest BCUT2D eigenvalue weighted by Crippen LogP contribution is 2.29. The molecule has 5 N–H and O–H groups in total. The summed E-state index contributed by atoms with van der Waals surface area (Å²) in [5.41, 5.74) is 12.0. The summed E-state index contributed by atoms with van der Waals surface area (Å²) in [6.45, 7) is 6.83. The van der Waals surface area contributed by atoms with Crippen LogP contribution in [0.4, 0.5) is 11.6 Å². The van der Waals surface area contributed by atoms with E-state index in [-0.39, 0.29) is 30.5 Å². The van der Waals surface area contributed by atoms with E-state index in [0.717, 1.165) is 22.2 Å². The van der Waals surface area contributed by atoms with Crippen molar-refractivity contribution < 1.29 is 15.0 Å². The first-order chi connectivity index (χ1) is 20.2. The fraction of sp³-hybridized carbons (Fsp3) is 0.281. The topological polar surface area (TPSA) is 152 Å². The zero-order valence-corrected chi connectivity index (χ0v) is 24.0. The number of carbonyl (C=O) groups excluding carboxylic acids is 1. The van der Waals surface area contributed by atoms with Gasteiger partial charge in [-0.3, -0.25) is 4.79 Å². The third-order valence-electron chi connectivity index (χ3n) is 7.14. The molecule has 42 heavy (non-hydrogen) atoms. The van der Waals surface area contributed by atoms with Gasteiger partial charge in [-0.15, -0.1) is 0 Å². The number of anilines is 2. The first-order valence-corrected chi connectivity index (χ1v) is 13.9. The molecule has 0 atom stereocenters. The Hall–Kier alpha value is -4.67. The monoisotopic (exact) mass is 565 g/mol. The van der Waals surface area contributed by atoms with Crippen molar-refractivity contribution in [3.05, 3.63) is 95.1 Å². The van der Waals surface area contributed by atoms with Gasteiger partial charge in [0.05, 0.1) is 24.0 Å². The summed E-state index contributed by atoms with van der Waals surface area (Å²) in [5, 5.41) is 22.4. The average Bonchev–Trinajstić information content (AvgIpc) is 3.37. The molecule has 3 aromatic carbocycles. The lowest BCUT2D eigenvalue weighted by Crippen LogP contribution is -2.15. The average molecular weight is 566 g/mol. The molecule has 1 amide bonds. The quantitative estimate of drug-likeness (QED) is 0.204. The number of nitrogens with two attached hydrogens (primary N) is 1. The standard InChI is InChI=1S/C32H35N7O3/c1-32(2,3)22-11-9-21(10-12-22)30(42)35-25-7-4-6-23(24(25)18-41)29-36-28(37-31(33)38-29)17-20-8-13-27-26(16-20)34-19-39(27)14-5-15-40/h4,6-13,16,19,40-41H,5,14-15,17-18H2,1-3H3,(H,35,42)(H2,33,36,37,38). The summed E-state index contributed by atoms with van der Waals surface area (Å²) in [5.74, 6) is 0.546. The molecule has 5 rings (SSSR count). The predicted molar refractivity (Wildman–Crippen MR) is 163 cm³/mol. The van der Waals surface area contributed by atoms with Crippen LogP contribution in [-0.2, 0) is 25.0 Å². The molecule has 5 aromatic rings. The van der Waals surface area contributed by atoms with E-state index in [2.05, 4.69) is 46.0 Å². The first-order valence-electron chi connectivity index (χ1n) is 13.9. The minimum absolute atomic E-state index is 0.0189. The van der Waals surface area contributed by atoms with E-state index in [0.29, 0.717) is 53.4 Å². The molecule has 2 heterocycles. The van der Waals surface area contributed by atoms with E-state index in [1.807, 2.05) is 34.9 Å². The molecule has 0 aliphatic heterocycles. The number of fused-ring (bicyclic) bond motifs is 1. The van der Waals surface area contributed by atoms with Crippen molar-refractivity contribution in [2.45, 2.75) is 52.2 Å². The van der Waals surface area contributed by atoms with E-state index < -0.39 is 0 Å². The summed E-state index contributed by atoms with van der Waals surface area (Å²) in [6, 6.07) is 18.8. The van der Waals surface area contributed by atoms with Gasteiger partial charge >= 0.3 is 0 Å². The summed E-state index contributed by atoms with van der Waals surface area (Å²) in [7, 11) is 0. The molecule has 0 fully saturated rings. The highest BCUT2D eigenvalue weighted by Gasteiger charge is 2.18. The zero-order chi connectivity index (χ0) is 29.9. The smallest absolute Gasteiger partial charge is 0.255 e. The third-order valence-corrected chi connectivity index (χ3v) is 7.14. The number of benzene rings is 3. The lowest BCUT2D eigenvalue weighted by molar-refractivity contribution is 0.102. The van der Waals surface area contributed by atoms with Crippen LogP contribution in [0.1, 0.15) is 60.1 Å². The van der Waals surface area contributed by atoms with Crippen molar-refractivity contribution in [2.75, 3.05) is 17.7 Å². The molecular formula is C32H35N7O3. The lowest BCUT2D eigenvalue weighted by atomic mass is 9.86. The number of nitrogens with one attached hydrogen (secondary N) is 1. The van der Waals surface area contributed by atoms with Crippen molar-refractivity contribution in [2.24, 2.45) is 0 Å². The fourth-order valence-corrected chi connectivity index (χ4v) is 4.86. The maximum atomic E-state index is 13.1. The molecule has 10 heteroatoms. The molecule has 0 spiro atoms. The van der Waals surface area contributed by atoms with Gasteiger partial charge in [-0.05, 0) is 53.3 Å². The summed E-state index contributed by atoms with van der Waals surface area (Å²) in [6.07, 6.45) is 2.83. The van der Waals surface area contributed by atoms with Gasteiger partial charge < -0.3 is 25.8 Å². The van der Waals surface area contributed by atoms with Crippen LogP contribution in [0.2, 0.25) is 0 Å². The molecule has 0 saturated carbocycles. The van der Waals surface area contributed by atoms with Crippen LogP contribution in [0.5, 0.6) is 0 Å². The maximum absolute atomic E-state index is 13.1. The van der Waals surface area contributed by atoms with Gasteiger partial charge in [0.2, 0.25) is 5.95 Å². The maximum Gasteiger partial charge on any atom is 0.255 e. The van der Waals surface area contributed by atoms with Crippen molar-refractivity contribution in [3.8, 4) is 11.4 Å². The Morgan fingerprint density at radius 3 is 2.50 bits per heavy atom. The molecule has 216 valence electrons. The van der Waals surface area contributed by atoms with Crippen LogP contribution in [0, 0.1) is 0 Å². The Morgan fingerprint density at radius 2 is 1.79 bits per heavy atom. The number of aliphatic hydroxyl groups excluding tert-OH is 2. The number of amides is 1. The highest BCUT2D eigenvalue weighted by atomic mass is 16.3. The number of aryl methyl sites for hydroxylation is 1. The van der Waals surface area contributed by atoms with Gasteiger partial charge in [-0.1, -0.05) is 51.1 Å². The van der Waals surface area contributed by atoms with Crippen molar-refractivity contribution >= 4 is 28.6 Å². The van der Waals surface area contributed by atoms with Crippen LogP contribution >= 0.6 is 0 Å². The van der Waals surface area contributed by atoms with Crippen LogP contribution in [0.25, 0.3) is 22.4 Å². The number of aromatic nitrogens is 5. The number of hydrogen-bond donors (Lipinski definition) is 4. The molecule has 2 aromatic heterocycles. The van der Waals surface area contributed by atoms with Crippen LogP contribution < -0.4 is 11.1 Å². The zero-order valence-electron chi connectivity index (χ0n) is 24.0. The number of rotatable bonds is 9. The van der Waals surface area contributed by atoms with Gasteiger partial charge in [-0.2, -0.15) is 9.97 Å².